The van der Waals surface area contributed by atoms with E-state index in [0.717, 1.165) is 24.8 Å². The minimum Gasteiger partial charge on any atom is -0.489 e. The van der Waals surface area contributed by atoms with Gasteiger partial charge in [0, 0.05) is 13.1 Å². The maximum atomic E-state index is 5.89. The third-order valence-corrected chi connectivity index (χ3v) is 3.97. The first kappa shape index (κ1) is 19.7. The van der Waals surface area contributed by atoms with E-state index in [1.807, 2.05) is 30.8 Å². The molecule has 1 rings (SSSR count). The second kappa shape index (κ2) is 12.1. The van der Waals surface area contributed by atoms with E-state index in [0.29, 0.717) is 6.54 Å². The van der Waals surface area contributed by atoms with Gasteiger partial charge in [0.05, 0.1) is 6.54 Å². The van der Waals surface area contributed by atoms with Gasteiger partial charge >= 0.3 is 0 Å². The lowest BCUT2D eigenvalue weighted by molar-refractivity contribution is 0.230. The summed E-state index contributed by atoms with van der Waals surface area (Å²) < 4.78 is 5.89. The van der Waals surface area contributed by atoms with Crippen molar-refractivity contribution in [2.45, 2.75) is 39.7 Å². The Balaban J connectivity index is 2.37. The van der Waals surface area contributed by atoms with E-state index in [9.17, 15) is 0 Å². The molecule has 23 heavy (non-hydrogen) atoms. The van der Waals surface area contributed by atoms with Crippen molar-refractivity contribution in [1.29, 1.82) is 0 Å². The van der Waals surface area contributed by atoms with Crippen molar-refractivity contribution in [3.8, 4) is 5.75 Å². The van der Waals surface area contributed by atoms with Crippen LogP contribution in [0.5, 0.6) is 5.75 Å². The van der Waals surface area contributed by atoms with Gasteiger partial charge in [-0.3, -0.25) is 0 Å². The molecular formula is C18H31N3OS. The summed E-state index contributed by atoms with van der Waals surface area (Å²) >= 11 is 1.90. The first-order valence-electron chi connectivity index (χ1n) is 8.40. The van der Waals surface area contributed by atoms with Crippen molar-refractivity contribution in [2.75, 3.05) is 31.6 Å². The zero-order valence-corrected chi connectivity index (χ0v) is 15.7. The third kappa shape index (κ3) is 9.39. The summed E-state index contributed by atoms with van der Waals surface area (Å²) in [7, 11) is 0. The second-order valence-corrected chi connectivity index (χ2v) is 6.57. The smallest absolute Gasteiger partial charge is 0.191 e. The molecule has 0 heterocycles. The topological polar surface area (TPSA) is 45.7 Å². The van der Waals surface area contributed by atoms with Gasteiger partial charge in [-0.25, -0.2) is 4.99 Å². The molecule has 0 aliphatic carbocycles. The lowest BCUT2D eigenvalue weighted by atomic mass is 10.2. The Morgan fingerprint density at radius 3 is 2.61 bits per heavy atom. The van der Waals surface area contributed by atoms with Crippen LogP contribution in [0.2, 0.25) is 0 Å². The van der Waals surface area contributed by atoms with Gasteiger partial charge in [0.25, 0.3) is 0 Å². The van der Waals surface area contributed by atoms with Crippen LogP contribution in [0.25, 0.3) is 0 Å². The van der Waals surface area contributed by atoms with Gasteiger partial charge in [-0.05, 0) is 57.8 Å². The number of hydrogen-bond donors (Lipinski definition) is 2. The summed E-state index contributed by atoms with van der Waals surface area (Å²) in [5.74, 6) is 2.99. The number of benzene rings is 1. The van der Waals surface area contributed by atoms with Crippen LogP contribution in [0, 0.1) is 6.92 Å². The summed E-state index contributed by atoms with van der Waals surface area (Å²) in [6.07, 6.45) is 4.60. The molecule has 0 aliphatic heterocycles. The number of aliphatic imine (C=N–C) groups is 1. The minimum atomic E-state index is 0.0460. The van der Waals surface area contributed by atoms with Crippen LogP contribution < -0.4 is 15.4 Å². The standard InChI is InChI=1S/C18H31N3OS/c1-5-19-18(20-12-6-7-13-23-4)21-14-16(3)22-17-10-8-15(2)9-11-17/h8-11,16H,5-7,12-14H2,1-4H3,(H2,19,20,21). The predicted octanol–water partition coefficient (Wildman–Crippen LogP) is 3.46. The summed E-state index contributed by atoms with van der Waals surface area (Å²) in [5, 5.41) is 6.66. The first-order chi connectivity index (χ1) is 11.2. The molecule has 0 bridgehead atoms. The maximum absolute atomic E-state index is 5.89. The average molecular weight is 338 g/mol. The number of nitrogens with zero attached hydrogens (tertiary/aromatic N) is 1. The zero-order valence-electron chi connectivity index (χ0n) is 14.9. The van der Waals surface area contributed by atoms with Crippen LogP contribution >= 0.6 is 11.8 Å². The molecule has 0 saturated heterocycles. The number of hydrogen-bond acceptors (Lipinski definition) is 3. The van der Waals surface area contributed by atoms with Crippen molar-refractivity contribution in [1.82, 2.24) is 10.6 Å². The monoisotopic (exact) mass is 337 g/mol. The molecule has 0 aromatic heterocycles. The van der Waals surface area contributed by atoms with E-state index in [-0.39, 0.29) is 6.10 Å². The van der Waals surface area contributed by atoms with E-state index in [1.54, 1.807) is 0 Å². The van der Waals surface area contributed by atoms with Crippen LogP contribution in [0.4, 0.5) is 0 Å². The average Bonchev–Trinajstić information content (AvgIpc) is 2.54. The molecule has 5 heteroatoms. The van der Waals surface area contributed by atoms with Gasteiger partial charge in [-0.2, -0.15) is 11.8 Å². The molecule has 1 unspecified atom stereocenters. The van der Waals surface area contributed by atoms with Crippen molar-refractivity contribution in [3.05, 3.63) is 29.8 Å². The van der Waals surface area contributed by atoms with Crippen molar-refractivity contribution in [3.63, 3.8) is 0 Å². The molecule has 1 aromatic carbocycles. The lowest BCUT2D eigenvalue weighted by Gasteiger charge is -2.15. The normalized spacial score (nSPS) is 12.8. The Kier molecular flexibility index (Phi) is 10.4. The molecule has 0 radical (unpaired) electrons. The molecule has 2 N–H and O–H groups in total. The number of guanidine groups is 1. The lowest BCUT2D eigenvalue weighted by Crippen LogP contribution is -2.38. The summed E-state index contributed by atoms with van der Waals surface area (Å²) in [5.41, 5.74) is 1.24. The van der Waals surface area contributed by atoms with Gasteiger partial charge in [-0.1, -0.05) is 17.7 Å². The van der Waals surface area contributed by atoms with Gasteiger partial charge in [-0.15, -0.1) is 0 Å². The molecular weight excluding hydrogens is 306 g/mol. The Hall–Kier alpha value is -1.36. The van der Waals surface area contributed by atoms with E-state index < -0.39 is 0 Å². The third-order valence-electron chi connectivity index (χ3n) is 3.28. The van der Waals surface area contributed by atoms with E-state index in [1.165, 1.54) is 24.2 Å². The Labute approximate surface area is 145 Å². The molecule has 0 spiro atoms. The number of rotatable bonds is 10. The van der Waals surface area contributed by atoms with E-state index in [2.05, 4.69) is 47.9 Å². The summed E-state index contributed by atoms with van der Waals surface area (Å²) in [4.78, 5) is 4.61. The number of nitrogens with one attached hydrogen (secondary N) is 2. The minimum absolute atomic E-state index is 0.0460. The van der Waals surface area contributed by atoms with Gasteiger partial charge in [0.2, 0.25) is 0 Å². The van der Waals surface area contributed by atoms with E-state index >= 15 is 0 Å². The highest BCUT2D eigenvalue weighted by molar-refractivity contribution is 7.98. The maximum Gasteiger partial charge on any atom is 0.191 e. The Morgan fingerprint density at radius 1 is 1.22 bits per heavy atom. The van der Waals surface area contributed by atoms with Crippen LogP contribution in [0.3, 0.4) is 0 Å². The molecule has 1 atom stereocenters. The van der Waals surface area contributed by atoms with Crippen LogP contribution in [0.15, 0.2) is 29.3 Å². The number of thioether (sulfide) groups is 1. The van der Waals surface area contributed by atoms with Crippen molar-refractivity contribution in [2.24, 2.45) is 4.99 Å². The SMILES string of the molecule is CCNC(=NCC(C)Oc1ccc(C)cc1)NCCCCSC. The van der Waals surface area contributed by atoms with Crippen LogP contribution in [-0.4, -0.2) is 43.7 Å². The molecule has 0 saturated carbocycles. The summed E-state index contributed by atoms with van der Waals surface area (Å²) in [6, 6.07) is 8.13. The van der Waals surface area contributed by atoms with Crippen molar-refractivity contribution < 1.29 is 4.74 Å². The Morgan fingerprint density at radius 2 is 1.96 bits per heavy atom. The summed E-state index contributed by atoms with van der Waals surface area (Å²) in [6.45, 7) is 8.66. The van der Waals surface area contributed by atoms with Gasteiger partial charge in [0.15, 0.2) is 5.96 Å². The number of ether oxygens (including phenoxy) is 1. The van der Waals surface area contributed by atoms with Crippen LogP contribution in [0.1, 0.15) is 32.3 Å². The fourth-order valence-corrected chi connectivity index (χ4v) is 2.52. The van der Waals surface area contributed by atoms with Crippen molar-refractivity contribution >= 4 is 17.7 Å². The van der Waals surface area contributed by atoms with E-state index in [4.69, 9.17) is 4.74 Å². The largest absolute Gasteiger partial charge is 0.489 e. The van der Waals surface area contributed by atoms with Gasteiger partial charge in [0.1, 0.15) is 11.9 Å². The Bertz CT molecular complexity index is 448. The first-order valence-corrected chi connectivity index (χ1v) is 9.79. The van der Waals surface area contributed by atoms with Crippen LogP contribution in [-0.2, 0) is 0 Å². The number of aryl methyl sites for hydroxylation is 1. The molecule has 130 valence electrons. The zero-order chi connectivity index (χ0) is 16.9. The van der Waals surface area contributed by atoms with Gasteiger partial charge < -0.3 is 15.4 Å². The highest BCUT2D eigenvalue weighted by Gasteiger charge is 2.04. The molecule has 0 aliphatic rings. The molecule has 0 fully saturated rings. The second-order valence-electron chi connectivity index (χ2n) is 5.59. The number of unbranched alkanes of at least 4 members (excludes halogenated alkanes) is 1. The fourth-order valence-electron chi connectivity index (χ4n) is 2.03. The quantitative estimate of drug-likeness (QED) is 0.390. The highest BCUT2D eigenvalue weighted by atomic mass is 32.2. The predicted molar refractivity (Wildman–Crippen MR) is 103 cm³/mol. The fraction of sp³-hybridized carbons (Fsp3) is 0.611. The molecule has 0 amide bonds. The molecule has 1 aromatic rings. The molecule has 4 nitrogen and oxygen atoms in total. The highest BCUT2D eigenvalue weighted by Crippen LogP contribution is 2.13.